The maximum absolute atomic E-state index is 12.5. The Bertz CT molecular complexity index is 1200. The van der Waals surface area contributed by atoms with Gasteiger partial charge in [-0.15, -0.1) is 0 Å². The molecule has 0 saturated carbocycles. The summed E-state index contributed by atoms with van der Waals surface area (Å²) in [6, 6.07) is 21.7. The predicted octanol–water partition coefficient (Wildman–Crippen LogP) is 4.52. The Labute approximate surface area is 162 Å². The number of aromatic nitrogens is 1. The van der Waals surface area contributed by atoms with Crippen molar-refractivity contribution in [3.8, 4) is 28.5 Å². The number of anilines is 1. The molecular formula is C21H16N2O4S. The lowest BCUT2D eigenvalue weighted by Crippen LogP contribution is -2.12. The first-order valence-electron chi connectivity index (χ1n) is 8.45. The van der Waals surface area contributed by atoms with Crippen LogP contribution in [0.4, 0.5) is 5.69 Å². The molecule has 0 amide bonds. The van der Waals surface area contributed by atoms with Gasteiger partial charge in [-0.05, 0) is 36.4 Å². The number of aromatic hydroxyl groups is 1. The summed E-state index contributed by atoms with van der Waals surface area (Å²) in [5.41, 5.74) is 1.86. The van der Waals surface area contributed by atoms with Crippen LogP contribution in [-0.2, 0) is 10.0 Å². The van der Waals surface area contributed by atoms with Crippen molar-refractivity contribution in [1.29, 1.82) is 0 Å². The molecular weight excluding hydrogens is 376 g/mol. The minimum absolute atomic E-state index is 0.0198. The molecule has 0 saturated heterocycles. The number of nitrogens with one attached hydrogen (secondary N) is 1. The van der Waals surface area contributed by atoms with E-state index in [1.165, 1.54) is 24.3 Å². The topological polar surface area (TPSA) is 92.4 Å². The Morgan fingerprint density at radius 2 is 1.61 bits per heavy atom. The van der Waals surface area contributed by atoms with Crippen molar-refractivity contribution in [3.63, 3.8) is 0 Å². The molecule has 0 bridgehead atoms. The lowest BCUT2D eigenvalue weighted by atomic mass is 10.2. The van der Waals surface area contributed by atoms with Crippen LogP contribution in [0.5, 0.6) is 5.75 Å². The third-order valence-electron chi connectivity index (χ3n) is 4.07. The first kappa shape index (κ1) is 17.8. The summed E-state index contributed by atoms with van der Waals surface area (Å²) in [5.74, 6) is 1.02. The largest absolute Gasteiger partial charge is 0.508 e. The van der Waals surface area contributed by atoms with Gasteiger partial charge in [-0.2, -0.15) is 0 Å². The van der Waals surface area contributed by atoms with Gasteiger partial charge in [0.1, 0.15) is 5.75 Å². The minimum Gasteiger partial charge on any atom is -0.508 e. The van der Waals surface area contributed by atoms with Crippen LogP contribution in [0.3, 0.4) is 0 Å². The van der Waals surface area contributed by atoms with Crippen molar-refractivity contribution in [3.05, 3.63) is 85.1 Å². The van der Waals surface area contributed by atoms with Gasteiger partial charge in [0, 0.05) is 17.2 Å². The van der Waals surface area contributed by atoms with Gasteiger partial charge in [-0.25, -0.2) is 13.4 Å². The fourth-order valence-electron chi connectivity index (χ4n) is 2.70. The molecule has 0 fully saturated rings. The molecule has 6 nitrogen and oxygen atoms in total. The molecule has 1 heterocycles. The normalized spacial score (nSPS) is 11.3. The number of benzene rings is 3. The fraction of sp³-hybridized carbons (Fsp3) is 0. The van der Waals surface area contributed by atoms with Crippen LogP contribution in [0.2, 0.25) is 0 Å². The molecule has 0 aliphatic heterocycles. The average Bonchev–Trinajstić information content (AvgIpc) is 3.19. The predicted molar refractivity (Wildman–Crippen MR) is 106 cm³/mol. The maximum atomic E-state index is 12.5. The summed E-state index contributed by atoms with van der Waals surface area (Å²) in [5, 5.41) is 9.48. The fourth-order valence-corrected chi connectivity index (χ4v) is 3.75. The Balaban J connectivity index is 1.56. The molecule has 4 rings (SSSR count). The van der Waals surface area contributed by atoms with Crippen molar-refractivity contribution in [2.24, 2.45) is 0 Å². The highest BCUT2D eigenvalue weighted by atomic mass is 32.2. The lowest BCUT2D eigenvalue weighted by Gasteiger charge is -2.08. The summed E-state index contributed by atoms with van der Waals surface area (Å²) < 4.78 is 33.3. The van der Waals surface area contributed by atoms with Crippen molar-refractivity contribution in [2.75, 3.05) is 4.72 Å². The molecule has 0 spiro atoms. The SMILES string of the molecule is O=S(=O)(Nc1cccc(O)c1)c1ccc(-c2ncc(-c3ccccc3)o2)cc1. The highest BCUT2D eigenvalue weighted by Crippen LogP contribution is 2.27. The van der Waals surface area contributed by atoms with Gasteiger partial charge < -0.3 is 9.52 Å². The molecule has 0 aliphatic rings. The highest BCUT2D eigenvalue weighted by molar-refractivity contribution is 7.92. The van der Waals surface area contributed by atoms with E-state index < -0.39 is 10.0 Å². The summed E-state index contributed by atoms with van der Waals surface area (Å²) in [6.45, 7) is 0. The first-order chi connectivity index (χ1) is 13.5. The number of sulfonamides is 1. The first-order valence-corrected chi connectivity index (χ1v) is 9.93. The molecule has 28 heavy (non-hydrogen) atoms. The highest BCUT2D eigenvalue weighted by Gasteiger charge is 2.15. The smallest absolute Gasteiger partial charge is 0.261 e. The van der Waals surface area contributed by atoms with Gasteiger partial charge >= 0.3 is 0 Å². The van der Waals surface area contributed by atoms with Gasteiger partial charge in [-0.1, -0.05) is 36.4 Å². The van der Waals surface area contributed by atoms with Crippen LogP contribution in [0.15, 0.2) is 94.4 Å². The number of oxazole rings is 1. The number of rotatable bonds is 5. The van der Waals surface area contributed by atoms with Crippen LogP contribution in [0, 0.1) is 0 Å². The Hall–Kier alpha value is -3.58. The molecule has 3 aromatic carbocycles. The lowest BCUT2D eigenvalue weighted by molar-refractivity contribution is 0.475. The maximum Gasteiger partial charge on any atom is 0.261 e. The number of nitrogens with zero attached hydrogens (tertiary/aromatic N) is 1. The Morgan fingerprint density at radius 3 is 2.32 bits per heavy atom. The van der Waals surface area contributed by atoms with E-state index >= 15 is 0 Å². The Morgan fingerprint density at radius 1 is 0.857 bits per heavy atom. The molecule has 0 unspecified atom stereocenters. The summed E-state index contributed by atoms with van der Waals surface area (Å²) in [4.78, 5) is 4.36. The van der Waals surface area contributed by atoms with Crippen LogP contribution >= 0.6 is 0 Å². The number of phenolic OH excluding ortho intramolecular Hbond substituents is 1. The van der Waals surface area contributed by atoms with Gasteiger partial charge in [-0.3, -0.25) is 4.72 Å². The minimum atomic E-state index is -3.78. The van der Waals surface area contributed by atoms with Crippen LogP contribution < -0.4 is 4.72 Å². The molecule has 4 aromatic rings. The molecule has 7 heteroatoms. The third-order valence-corrected chi connectivity index (χ3v) is 5.47. The number of phenols is 1. The zero-order chi connectivity index (χ0) is 19.6. The molecule has 0 atom stereocenters. The van der Waals surface area contributed by atoms with Crippen molar-refractivity contribution < 1.29 is 17.9 Å². The van der Waals surface area contributed by atoms with E-state index in [-0.39, 0.29) is 16.3 Å². The van der Waals surface area contributed by atoms with Crippen LogP contribution in [0.1, 0.15) is 0 Å². The van der Waals surface area contributed by atoms with Crippen molar-refractivity contribution >= 4 is 15.7 Å². The zero-order valence-corrected chi connectivity index (χ0v) is 15.4. The van der Waals surface area contributed by atoms with E-state index in [4.69, 9.17) is 4.42 Å². The van der Waals surface area contributed by atoms with Crippen molar-refractivity contribution in [1.82, 2.24) is 4.98 Å². The second-order valence-electron chi connectivity index (χ2n) is 6.08. The van der Waals surface area contributed by atoms with E-state index in [1.54, 1.807) is 30.5 Å². The average molecular weight is 392 g/mol. The number of hydrogen-bond donors (Lipinski definition) is 2. The standard InChI is InChI=1S/C21H16N2O4S/c24-18-8-4-7-17(13-18)23-28(25,26)19-11-9-16(10-12-19)21-22-14-20(27-21)15-5-2-1-3-6-15/h1-14,23-24H. The van der Waals surface area contributed by atoms with Crippen LogP contribution in [0.25, 0.3) is 22.8 Å². The van der Waals surface area contributed by atoms with Crippen molar-refractivity contribution in [2.45, 2.75) is 4.90 Å². The van der Waals surface area contributed by atoms with Gasteiger partial charge in [0.05, 0.1) is 16.8 Å². The molecule has 0 radical (unpaired) electrons. The van der Waals surface area contributed by atoms with Gasteiger partial charge in [0.15, 0.2) is 5.76 Å². The Kier molecular flexibility index (Phi) is 4.58. The van der Waals surface area contributed by atoms with E-state index in [1.807, 2.05) is 30.3 Å². The van der Waals surface area contributed by atoms with E-state index in [2.05, 4.69) is 9.71 Å². The van der Waals surface area contributed by atoms with Gasteiger partial charge in [0.25, 0.3) is 10.0 Å². The van der Waals surface area contributed by atoms with Gasteiger partial charge in [0.2, 0.25) is 5.89 Å². The van der Waals surface area contributed by atoms with E-state index in [0.717, 1.165) is 5.56 Å². The summed E-state index contributed by atoms with van der Waals surface area (Å²) in [6.07, 6.45) is 1.64. The molecule has 2 N–H and O–H groups in total. The third kappa shape index (κ3) is 3.74. The summed E-state index contributed by atoms with van der Waals surface area (Å²) >= 11 is 0. The quantitative estimate of drug-likeness (QED) is 0.521. The van der Waals surface area contributed by atoms with E-state index in [0.29, 0.717) is 17.2 Å². The second-order valence-corrected chi connectivity index (χ2v) is 7.76. The van der Waals surface area contributed by atoms with Crippen LogP contribution in [-0.4, -0.2) is 18.5 Å². The second kappa shape index (κ2) is 7.21. The molecule has 1 aromatic heterocycles. The monoisotopic (exact) mass is 392 g/mol. The zero-order valence-electron chi connectivity index (χ0n) is 14.6. The van der Waals surface area contributed by atoms with E-state index in [9.17, 15) is 13.5 Å². The molecule has 140 valence electrons. The molecule has 0 aliphatic carbocycles. The summed E-state index contributed by atoms with van der Waals surface area (Å²) in [7, 11) is -3.78. The number of hydrogen-bond acceptors (Lipinski definition) is 5.